The Hall–Kier alpha value is -2.15. The van der Waals surface area contributed by atoms with Gasteiger partial charge in [0.2, 0.25) is 0 Å². The first kappa shape index (κ1) is 28.9. The molecule has 1 saturated heterocycles. The monoisotopic (exact) mass is 466 g/mol. The Morgan fingerprint density at radius 2 is 1.82 bits per heavy atom. The second kappa shape index (κ2) is 14.2. The smallest absolute Gasteiger partial charge is 0.303 e. The summed E-state index contributed by atoms with van der Waals surface area (Å²) in [5, 5.41) is 0. The molecule has 2 unspecified atom stereocenters. The van der Waals surface area contributed by atoms with E-state index in [1.165, 1.54) is 26.3 Å². The number of allylic oxidation sites excluding steroid dienone is 1. The Labute approximate surface area is 198 Å². The Balaban J connectivity index is 2.80. The lowest BCUT2D eigenvalue weighted by molar-refractivity contribution is -0.168. The molecule has 0 aliphatic carbocycles. The van der Waals surface area contributed by atoms with Gasteiger partial charge in [0.25, 0.3) is 0 Å². The summed E-state index contributed by atoms with van der Waals surface area (Å²) in [4.78, 5) is 34.3. The van der Waals surface area contributed by atoms with E-state index in [4.69, 9.17) is 18.9 Å². The molecule has 4 atom stereocenters. The summed E-state index contributed by atoms with van der Waals surface area (Å²) in [6.45, 7) is 13.0. The van der Waals surface area contributed by atoms with Crippen LogP contribution in [0.3, 0.4) is 0 Å². The van der Waals surface area contributed by atoms with Gasteiger partial charge in [0.15, 0.2) is 0 Å². The first-order chi connectivity index (χ1) is 15.4. The molecule has 1 aliphatic heterocycles. The average molecular weight is 467 g/mol. The van der Waals surface area contributed by atoms with Crippen molar-refractivity contribution < 1.29 is 33.3 Å². The number of carbonyl (C=O) groups excluding carboxylic acids is 3. The molecular formula is C26H42O7. The highest BCUT2D eigenvalue weighted by Crippen LogP contribution is 2.34. The summed E-state index contributed by atoms with van der Waals surface area (Å²) >= 11 is 0. The fraction of sp³-hybridized carbons (Fsp3) is 0.731. The maximum atomic E-state index is 11.7. The molecule has 1 rings (SSSR count). The van der Waals surface area contributed by atoms with E-state index in [2.05, 4.69) is 13.0 Å². The summed E-state index contributed by atoms with van der Waals surface area (Å²) in [7, 11) is 0. The van der Waals surface area contributed by atoms with Crippen LogP contribution in [0.15, 0.2) is 23.3 Å². The molecule has 1 heterocycles. The number of carbonyl (C=O) groups is 3. The first-order valence-corrected chi connectivity index (χ1v) is 11.9. The van der Waals surface area contributed by atoms with Gasteiger partial charge in [-0.25, -0.2) is 0 Å². The van der Waals surface area contributed by atoms with E-state index in [1.54, 1.807) is 0 Å². The van der Waals surface area contributed by atoms with Crippen LogP contribution in [0.2, 0.25) is 0 Å². The third-order valence-corrected chi connectivity index (χ3v) is 6.01. The third kappa shape index (κ3) is 11.5. The van der Waals surface area contributed by atoms with Gasteiger partial charge in [0, 0.05) is 27.2 Å². The minimum absolute atomic E-state index is 0.166. The summed E-state index contributed by atoms with van der Waals surface area (Å²) < 4.78 is 22.5. The van der Waals surface area contributed by atoms with E-state index in [-0.39, 0.29) is 42.6 Å². The van der Waals surface area contributed by atoms with Gasteiger partial charge in [-0.1, -0.05) is 25.0 Å². The Bertz CT molecular complexity index is 720. The fourth-order valence-electron chi connectivity index (χ4n) is 4.02. The zero-order valence-electron chi connectivity index (χ0n) is 21.4. The standard InChI is InChI=1S/C26H42O7/c1-18(2)10-12-24(32-21(5)28)19(3)9-8-15-26(7)25(33-22(6)29)13-11-23(17-31-26)14-16-30-20(4)27/h10,14,19,24-25H,8-9,11-13,15-17H2,1-7H3/b23-14+/t19?,24?,25-,26+/m1/s1. The van der Waals surface area contributed by atoms with Gasteiger partial charge in [-0.3, -0.25) is 14.4 Å². The van der Waals surface area contributed by atoms with Crippen LogP contribution in [-0.2, 0) is 33.3 Å². The zero-order chi connectivity index (χ0) is 25.0. The summed E-state index contributed by atoms with van der Waals surface area (Å²) in [5.41, 5.74) is 1.60. The fourth-order valence-corrected chi connectivity index (χ4v) is 4.02. The minimum atomic E-state index is -0.626. The summed E-state index contributed by atoms with van der Waals surface area (Å²) in [6.07, 6.45) is 7.90. The van der Waals surface area contributed by atoms with Crippen molar-refractivity contribution in [2.24, 2.45) is 5.92 Å². The molecule has 7 heteroatoms. The predicted molar refractivity (Wildman–Crippen MR) is 126 cm³/mol. The van der Waals surface area contributed by atoms with Gasteiger partial charge in [-0.05, 0) is 64.0 Å². The Morgan fingerprint density at radius 1 is 1.12 bits per heavy atom. The second-order valence-corrected chi connectivity index (χ2v) is 9.44. The first-order valence-electron chi connectivity index (χ1n) is 11.9. The van der Waals surface area contributed by atoms with Gasteiger partial charge in [-0.15, -0.1) is 0 Å². The van der Waals surface area contributed by atoms with Crippen LogP contribution in [0, 0.1) is 5.92 Å². The van der Waals surface area contributed by atoms with Crippen molar-refractivity contribution in [3.8, 4) is 0 Å². The average Bonchev–Trinajstić information content (AvgIpc) is 2.84. The van der Waals surface area contributed by atoms with E-state index in [0.29, 0.717) is 32.3 Å². The van der Waals surface area contributed by atoms with Crippen LogP contribution in [0.1, 0.15) is 87.0 Å². The zero-order valence-corrected chi connectivity index (χ0v) is 21.4. The largest absolute Gasteiger partial charge is 0.462 e. The van der Waals surface area contributed by atoms with Crippen LogP contribution in [0.4, 0.5) is 0 Å². The van der Waals surface area contributed by atoms with E-state index < -0.39 is 5.60 Å². The molecule has 0 N–H and O–H groups in total. The maximum absolute atomic E-state index is 11.7. The van der Waals surface area contributed by atoms with Crippen molar-refractivity contribution in [3.05, 3.63) is 23.3 Å². The van der Waals surface area contributed by atoms with Crippen molar-refractivity contribution >= 4 is 17.9 Å². The molecule has 0 bridgehead atoms. The van der Waals surface area contributed by atoms with Crippen molar-refractivity contribution in [3.63, 3.8) is 0 Å². The maximum Gasteiger partial charge on any atom is 0.303 e. The predicted octanol–water partition coefficient (Wildman–Crippen LogP) is 5.07. The molecule has 0 radical (unpaired) electrons. The topological polar surface area (TPSA) is 88.1 Å². The summed E-state index contributed by atoms with van der Waals surface area (Å²) in [5.74, 6) is -0.733. The molecule has 33 heavy (non-hydrogen) atoms. The molecule has 188 valence electrons. The summed E-state index contributed by atoms with van der Waals surface area (Å²) in [6, 6.07) is 0. The lowest BCUT2D eigenvalue weighted by Gasteiger charge is -2.35. The SMILES string of the molecule is CC(=O)OC/C=C1\CC[C@@H](OC(C)=O)[C@](C)(CCCC(C)C(CC=C(C)C)OC(C)=O)OC1. The molecule has 1 aliphatic rings. The number of hydrogen-bond acceptors (Lipinski definition) is 7. The van der Waals surface area contributed by atoms with E-state index >= 15 is 0 Å². The molecular weight excluding hydrogens is 424 g/mol. The van der Waals surface area contributed by atoms with Crippen LogP contribution in [-0.4, -0.2) is 48.9 Å². The quantitative estimate of drug-likeness (QED) is 0.239. The van der Waals surface area contributed by atoms with Gasteiger partial charge >= 0.3 is 17.9 Å². The van der Waals surface area contributed by atoms with E-state index in [0.717, 1.165) is 18.4 Å². The highest BCUT2D eigenvalue weighted by atomic mass is 16.6. The van der Waals surface area contributed by atoms with Gasteiger partial charge in [-0.2, -0.15) is 0 Å². The highest BCUT2D eigenvalue weighted by Gasteiger charge is 2.39. The van der Waals surface area contributed by atoms with E-state index in [1.807, 2.05) is 26.8 Å². The number of esters is 3. The molecule has 7 nitrogen and oxygen atoms in total. The van der Waals surface area contributed by atoms with Crippen molar-refractivity contribution in [2.45, 2.75) is 105 Å². The van der Waals surface area contributed by atoms with Crippen molar-refractivity contribution in [1.82, 2.24) is 0 Å². The normalized spacial score (nSPS) is 23.7. The molecule has 0 aromatic rings. The van der Waals surface area contributed by atoms with Gasteiger partial charge in [0.05, 0.1) is 6.61 Å². The van der Waals surface area contributed by atoms with Crippen LogP contribution in [0.25, 0.3) is 0 Å². The third-order valence-electron chi connectivity index (χ3n) is 6.01. The Kier molecular flexibility index (Phi) is 12.4. The van der Waals surface area contributed by atoms with Crippen LogP contribution >= 0.6 is 0 Å². The number of rotatable bonds is 11. The minimum Gasteiger partial charge on any atom is -0.462 e. The van der Waals surface area contributed by atoms with Crippen LogP contribution in [0.5, 0.6) is 0 Å². The van der Waals surface area contributed by atoms with Crippen molar-refractivity contribution in [2.75, 3.05) is 13.2 Å². The van der Waals surface area contributed by atoms with Crippen molar-refractivity contribution in [1.29, 1.82) is 0 Å². The molecule has 1 fully saturated rings. The number of hydrogen-bond donors (Lipinski definition) is 0. The number of ether oxygens (including phenoxy) is 4. The van der Waals surface area contributed by atoms with Crippen LogP contribution < -0.4 is 0 Å². The van der Waals surface area contributed by atoms with Gasteiger partial charge in [0.1, 0.15) is 24.4 Å². The molecule has 0 aromatic carbocycles. The highest BCUT2D eigenvalue weighted by molar-refractivity contribution is 5.66. The molecule has 0 saturated carbocycles. The Morgan fingerprint density at radius 3 is 2.39 bits per heavy atom. The molecule has 0 aromatic heterocycles. The second-order valence-electron chi connectivity index (χ2n) is 9.44. The lowest BCUT2D eigenvalue weighted by Crippen LogP contribution is -2.43. The van der Waals surface area contributed by atoms with E-state index in [9.17, 15) is 14.4 Å². The van der Waals surface area contributed by atoms with Gasteiger partial charge < -0.3 is 18.9 Å². The lowest BCUT2D eigenvalue weighted by atomic mass is 9.86. The molecule has 0 amide bonds. The molecule has 0 spiro atoms.